The largest absolute Gasteiger partial charge is 0.508 e. The van der Waals surface area contributed by atoms with Gasteiger partial charge < -0.3 is 9.84 Å². The molecule has 0 aliphatic heterocycles. The Kier molecular flexibility index (Phi) is 3.09. The number of aromatic hydroxyl groups is 1. The average molecular weight is 316 g/mol. The number of phenolic OH excluding ortho intramolecular Hbond substituents is 1. The van der Waals surface area contributed by atoms with Crippen molar-refractivity contribution in [1.29, 1.82) is 0 Å². The van der Waals surface area contributed by atoms with E-state index in [-0.39, 0.29) is 5.75 Å². The number of halogens is 1. The Balaban J connectivity index is 2.00. The van der Waals surface area contributed by atoms with Gasteiger partial charge in [-0.05, 0) is 63.1 Å². The van der Waals surface area contributed by atoms with Crippen LogP contribution in [0.25, 0.3) is 10.8 Å². The molecule has 1 aromatic heterocycles. The van der Waals surface area contributed by atoms with Gasteiger partial charge in [-0.15, -0.1) is 0 Å². The molecule has 0 atom stereocenters. The smallest absolute Gasteiger partial charge is 0.233 e. The minimum Gasteiger partial charge on any atom is -0.508 e. The van der Waals surface area contributed by atoms with Gasteiger partial charge in [0.25, 0.3) is 0 Å². The number of nitrogens with zero attached hydrogens (tertiary/aromatic N) is 1. The Morgan fingerprint density at radius 3 is 2.68 bits per heavy atom. The van der Waals surface area contributed by atoms with Crippen LogP contribution in [0.1, 0.15) is 0 Å². The lowest BCUT2D eigenvalue weighted by Gasteiger charge is -2.07. The standard InChI is InChI=1S/C15H10BrNO2/c16-14-2-1-7-17-15(14)19-13-6-4-10-3-5-12(18)8-11(10)9-13/h1-9,18H. The lowest BCUT2D eigenvalue weighted by molar-refractivity contribution is 0.460. The number of aromatic nitrogens is 1. The van der Waals surface area contributed by atoms with Crippen LogP contribution in [0.5, 0.6) is 17.4 Å². The molecule has 1 heterocycles. The highest BCUT2D eigenvalue weighted by atomic mass is 79.9. The molecule has 0 saturated heterocycles. The van der Waals surface area contributed by atoms with E-state index >= 15 is 0 Å². The predicted molar refractivity (Wildman–Crippen MR) is 77.6 cm³/mol. The van der Waals surface area contributed by atoms with E-state index in [0.717, 1.165) is 15.2 Å². The normalized spacial score (nSPS) is 10.6. The molecule has 2 aromatic carbocycles. The van der Waals surface area contributed by atoms with E-state index in [9.17, 15) is 5.11 Å². The number of hydrogen-bond acceptors (Lipinski definition) is 3. The summed E-state index contributed by atoms with van der Waals surface area (Å²) in [6.45, 7) is 0. The minimum atomic E-state index is 0.240. The molecular weight excluding hydrogens is 306 g/mol. The fraction of sp³-hybridized carbons (Fsp3) is 0. The van der Waals surface area contributed by atoms with Crippen molar-refractivity contribution in [1.82, 2.24) is 4.98 Å². The highest BCUT2D eigenvalue weighted by Gasteiger charge is 2.04. The van der Waals surface area contributed by atoms with Gasteiger partial charge in [-0.2, -0.15) is 0 Å². The molecule has 0 aliphatic carbocycles. The molecule has 0 unspecified atom stereocenters. The van der Waals surface area contributed by atoms with Gasteiger partial charge in [-0.25, -0.2) is 4.98 Å². The molecule has 3 nitrogen and oxygen atoms in total. The van der Waals surface area contributed by atoms with Gasteiger partial charge in [-0.1, -0.05) is 12.1 Å². The second-order valence-corrected chi connectivity index (χ2v) is 4.94. The fourth-order valence-corrected chi connectivity index (χ4v) is 2.17. The van der Waals surface area contributed by atoms with Crippen molar-refractivity contribution < 1.29 is 9.84 Å². The van der Waals surface area contributed by atoms with Crippen molar-refractivity contribution in [3.63, 3.8) is 0 Å². The molecule has 0 radical (unpaired) electrons. The highest BCUT2D eigenvalue weighted by molar-refractivity contribution is 9.10. The summed E-state index contributed by atoms with van der Waals surface area (Å²) in [6, 6.07) is 14.6. The van der Waals surface area contributed by atoms with E-state index in [4.69, 9.17) is 4.74 Å². The summed E-state index contributed by atoms with van der Waals surface area (Å²) >= 11 is 3.39. The Hall–Kier alpha value is -2.07. The van der Waals surface area contributed by atoms with Gasteiger partial charge >= 0.3 is 0 Å². The van der Waals surface area contributed by atoms with E-state index < -0.39 is 0 Å². The van der Waals surface area contributed by atoms with E-state index in [2.05, 4.69) is 20.9 Å². The van der Waals surface area contributed by atoms with Crippen LogP contribution in [0.4, 0.5) is 0 Å². The Morgan fingerprint density at radius 1 is 1.00 bits per heavy atom. The third-order valence-electron chi connectivity index (χ3n) is 2.73. The zero-order chi connectivity index (χ0) is 13.2. The summed E-state index contributed by atoms with van der Waals surface area (Å²) in [7, 11) is 0. The van der Waals surface area contributed by atoms with Gasteiger partial charge in [0.05, 0.1) is 4.47 Å². The summed E-state index contributed by atoms with van der Waals surface area (Å²) in [5, 5.41) is 11.5. The van der Waals surface area contributed by atoms with Gasteiger partial charge in [0, 0.05) is 6.20 Å². The second-order valence-electron chi connectivity index (χ2n) is 4.09. The first-order chi connectivity index (χ1) is 9.22. The molecule has 3 aromatic rings. The van der Waals surface area contributed by atoms with Crippen LogP contribution >= 0.6 is 15.9 Å². The molecule has 4 heteroatoms. The van der Waals surface area contributed by atoms with Gasteiger partial charge in [0.15, 0.2) is 0 Å². The molecule has 0 saturated carbocycles. The highest BCUT2D eigenvalue weighted by Crippen LogP contribution is 2.30. The Bertz CT molecular complexity index is 743. The number of benzene rings is 2. The lowest BCUT2D eigenvalue weighted by atomic mass is 10.1. The van der Waals surface area contributed by atoms with Crippen LogP contribution in [0.3, 0.4) is 0 Å². The van der Waals surface area contributed by atoms with Crippen molar-refractivity contribution >= 4 is 26.7 Å². The predicted octanol–water partition coefficient (Wildman–Crippen LogP) is 4.50. The SMILES string of the molecule is Oc1ccc2ccc(Oc3ncccc3Br)cc2c1. The number of pyridine rings is 1. The number of hydrogen-bond donors (Lipinski definition) is 1. The second kappa shape index (κ2) is 4.90. The lowest BCUT2D eigenvalue weighted by Crippen LogP contribution is -1.88. The Morgan fingerprint density at radius 2 is 1.84 bits per heavy atom. The van der Waals surface area contributed by atoms with Crippen molar-refractivity contribution in [3.8, 4) is 17.4 Å². The molecule has 1 N–H and O–H groups in total. The van der Waals surface area contributed by atoms with Crippen molar-refractivity contribution in [2.24, 2.45) is 0 Å². The molecule has 0 spiro atoms. The van der Waals surface area contributed by atoms with Crippen LogP contribution in [-0.2, 0) is 0 Å². The Labute approximate surface area is 118 Å². The molecule has 0 fully saturated rings. The fourth-order valence-electron chi connectivity index (χ4n) is 1.83. The molecule has 0 amide bonds. The first-order valence-corrected chi connectivity index (χ1v) is 6.53. The number of ether oxygens (including phenoxy) is 1. The summed E-state index contributed by atoms with van der Waals surface area (Å²) < 4.78 is 6.51. The van der Waals surface area contributed by atoms with Crippen LogP contribution < -0.4 is 4.74 Å². The number of rotatable bonds is 2. The average Bonchev–Trinajstić information content (AvgIpc) is 2.41. The van der Waals surface area contributed by atoms with Crippen molar-refractivity contribution in [2.45, 2.75) is 0 Å². The summed E-state index contributed by atoms with van der Waals surface area (Å²) in [4.78, 5) is 4.15. The molecule has 19 heavy (non-hydrogen) atoms. The molecule has 0 aliphatic rings. The van der Waals surface area contributed by atoms with Gasteiger partial charge in [0.2, 0.25) is 5.88 Å². The number of phenols is 1. The third kappa shape index (κ3) is 2.53. The zero-order valence-corrected chi connectivity index (χ0v) is 11.5. The third-order valence-corrected chi connectivity index (χ3v) is 3.34. The van der Waals surface area contributed by atoms with Gasteiger partial charge in [0.1, 0.15) is 11.5 Å². The van der Waals surface area contributed by atoms with Crippen LogP contribution in [0.15, 0.2) is 59.2 Å². The van der Waals surface area contributed by atoms with Crippen molar-refractivity contribution in [3.05, 3.63) is 59.2 Å². The summed E-state index contributed by atoms with van der Waals surface area (Å²) in [5.41, 5.74) is 0. The van der Waals surface area contributed by atoms with E-state index in [1.54, 1.807) is 18.3 Å². The van der Waals surface area contributed by atoms with Crippen LogP contribution in [-0.4, -0.2) is 10.1 Å². The first-order valence-electron chi connectivity index (χ1n) is 5.73. The molecule has 94 valence electrons. The molecular formula is C15H10BrNO2. The zero-order valence-electron chi connectivity index (χ0n) is 9.88. The van der Waals surface area contributed by atoms with E-state index in [1.165, 1.54) is 0 Å². The maximum absolute atomic E-state index is 9.49. The topological polar surface area (TPSA) is 42.4 Å². The van der Waals surface area contributed by atoms with Crippen LogP contribution in [0, 0.1) is 0 Å². The van der Waals surface area contributed by atoms with E-state index in [0.29, 0.717) is 11.6 Å². The molecule has 3 rings (SSSR count). The monoisotopic (exact) mass is 315 g/mol. The minimum absolute atomic E-state index is 0.240. The summed E-state index contributed by atoms with van der Waals surface area (Å²) in [5.74, 6) is 1.43. The quantitative estimate of drug-likeness (QED) is 0.757. The van der Waals surface area contributed by atoms with Gasteiger partial charge in [-0.3, -0.25) is 0 Å². The maximum Gasteiger partial charge on any atom is 0.233 e. The van der Waals surface area contributed by atoms with Crippen molar-refractivity contribution in [2.75, 3.05) is 0 Å². The van der Waals surface area contributed by atoms with Crippen LogP contribution in [0.2, 0.25) is 0 Å². The molecule has 0 bridgehead atoms. The summed E-state index contributed by atoms with van der Waals surface area (Å²) in [6.07, 6.45) is 1.67. The first kappa shape index (κ1) is 12.0. The number of fused-ring (bicyclic) bond motifs is 1. The maximum atomic E-state index is 9.49. The van der Waals surface area contributed by atoms with E-state index in [1.807, 2.05) is 36.4 Å².